The summed E-state index contributed by atoms with van der Waals surface area (Å²) in [6, 6.07) is 0. The van der Waals surface area contributed by atoms with Crippen molar-refractivity contribution in [3.8, 4) is 0 Å². The van der Waals surface area contributed by atoms with Gasteiger partial charge >= 0.3 is 5.97 Å². The van der Waals surface area contributed by atoms with E-state index in [2.05, 4.69) is 10.6 Å². The monoisotopic (exact) mass is 184 g/mol. The second-order valence-electron chi connectivity index (χ2n) is 1.75. The van der Waals surface area contributed by atoms with Crippen molar-refractivity contribution >= 4 is 31.3 Å². The van der Waals surface area contributed by atoms with Gasteiger partial charge in [-0.15, -0.1) is 0 Å². The molecular formula is C5H9ClO3S. The molecule has 0 amide bonds. The molecule has 60 valence electrons. The van der Waals surface area contributed by atoms with Crippen LogP contribution >= 0.6 is 10.7 Å². The van der Waals surface area contributed by atoms with E-state index in [1.54, 1.807) is 0 Å². The highest BCUT2D eigenvalue weighted by Crippen LogP contribution is 1.99. The van der Waals surface area contributed by atoms with E-state index >= 15 is 0 Å². The minimum atomic E-state index is -2.56. The summed E-state index contributed by atoms with van der Waals surface area (Å²) < 4.78 is 14.9. The third-order valence-corrected chi connectivity index (χ3v) is 2.12. The van der Waals surface area contributed by atoms with Crippen LogP contribution in [0.4, 0.5) is 0 Å². The van der Waals surface area contributed by atoms with E-state index in [1.165, 1.54) is 7.11 Å². The van der Waals surface area contributed by atoms with Gasteiger partial charge in [0.25, 0.3) is 0 Å². The molecule has 0 aliphatic heterocycles. The third kappa shape index (κ3) is 5.91. The Morgan fingerprint density at radius 1 is 1.80 bits per heavy atom. The average Bonchev–Trinajstić information content (AvgIpc) is 1.81. The van der Waals surface area contributed by atoms with E-state index in [-0.39, 0.29) is 12.2 Å². The van der Waals surface area contributed by atoms with Gasteiger partial charge in [0.1, 0.15) is 0 Å². The Morgan fingerprint density at radius 2 is 2.30 bits per heavy atom. The lowest BCUT2D eigenvalue weighted by Crippen LogP contribution is -2.06. The number of halogens is 1. The summed E-state index contributed by atoms with van der Waals surface area (Å²) in [6.45, 7) is 0. The molecule has 0 aliphatic rings. The highest BCUT2D eigenvalue weighted by atomic mass is 35.7. The first-order valence-corrected chi connectivity index (χ1v) is 5.29. The molecule has 1 atom stereocenters. The predicted octanol–water partition coefficient (Wildman–Crippen LogP) is 0.420. The molecule has 0 aromatic rings. The zero-order chi connectivity index (χ0) is 8.20. The quantitative estimate of drug-likeness (QED) is 0.363. The molecule has 0 spiro atoms. The molecule has 0 bridgehead atoms. The number of rotatable bonds is 3. The van der Waals surface area contributed by atoms with Gasteiger partial charge < -0.3 is 4.74 Å². The van der Waals surface area contributed by atoms with Crippen LogP contribution < -0.4 is 0 Å². The maximum Gasteiger partial charge on any atom is 0.306 e. The van der Waals surface area contributed by atoms with E-state index < -0.39 is 14.7 Å². The minimum Gasteiger partial charge on any atom is -0.469 e. The van der Waals surface area contributed by atoms with Gasteiger partial charge in [-0.05, 0) is 16.6 Å². The maximum atomic E-state index is 10.7. The smallest absolute Gasteiger partial charge is 0.306 e. The Balaban J connectivity index is 3.67. The van der Waals surface area contributed by atoms with Crippen molar-refractivity contribution in [3.63, 3.8) is 0 Å². The van der Waals surface area contributed by atoms with Gasteiger partial charge in [-0.25, -0.2) is 0 Å². The van der Waals surface area contributed by atoms with Crippen LogP contribution in [0.2, 0.25) is 0 Å². The molecule has 0 heterocycles. The molecular weight excluding hydrogens is 176 g/mol. The fraction of sp³-hybridized carbons (Fsp3) is 0.600. The molecule has 10 heavy (non-hydrogen) atoms. The van der Waals surface area contributed by atoms with Crippen molar-refractivity contribution in [2.24, 2.45) is 0 Å². The Kier molecular flexibility index (Phi) is 3.75. The largest absolute Gasteiger partial charge is 0.469 e. The van der Waals surface area contributed by atoms with Crippen LogP contribution in [-0.4, -0.2) is 28.9 Å². The van der Waals surface area contributed by atoms with Gasteiger partial charge in [0, 0.05) is 14.5 Å². The first-order valence-electron chi connectivity index (χ1n) is 2.57. The van der Waals surface area contributed by atoms with E-state index in [0.29, 0.717) is 0 Å². The first-order chi connectivity index (χ1) is 4.45. The van der Waals surface area contributed by atoms with Crippen LogP contribution in [0.25, 0.3) is 0 Å². The van der Waals surface area contributed by atoms with Crippen molar-refractivity contribution in [2.75, 3.05) is 12.9 Å². The van der Waals surface area contributed by atoms with Crippen molar-refractivity contribution in [2.45, 2.75) is 6.42 Å². The summed E-state index contributed by atoms with van der Waals surface area (Å²) in [5.41, 5.74) is 0. The molecule has 0 aromatic heterocycles. The number of carbonyl (C=O) groups is 1. The lowest BCUT2D eigenvalue weighted by Gasteiger charge is -1.97. The summed E-state index contributed by atoms with van der Waals surface area (Å²) in [5, 5.41) is 0. The summed E-state index contributed by atoms with van der Waals surface area (Å²) in [5.74, 6) is 2.81. The molecule has 0 fully saturated rings. The Labute approximate surface area is 64.8 Å². The topological polar surface area (TPSA) is 43.4 Å². The summed E-state index contributed by atoms with van der Waals surface area (Å²) in [4.78, 5) is 10.4. The first kappa shape index (κ1) is 9.78. The fourth-order valence-corrected chi connectivity index (χ4v) is 1.04. The van der Waals surface area contributed by atoms with E-state index in [4.69, 9.17) is 10.7 Å². The van der Waals surface area contributed by atoms with Crippen molar-refractivity contribution < 1.29 is 13.7 Å². The van der Waals surface area contributed by atoms with Crippen molar-refractivity contribution in [3.05, 3.63) is 0 Å². The molecule has 1 unspecified atom stereocenters. The van der Waals surface area contributed by atoms with Gasteiger partial charge in [0.2, 0.25) is 0 Å². The maximum absolute atomic E-state index is 10.7. The van der Waals surface area contributed by atoms with E-state index in [1.807, 2.05) is 0 Å². The molecule has 3 nitrogen and oxygen atoms in total. The normalized spacial score (nSPS) is 15.8. The van der Waals surface area contributed by atoms with E-state index in [9.17, 15) is 9.00 Å². The number of carbonyl (C=O) groups excluding carboxylic acids is 1. The fourth-order valence-electron chi connectivity index (χ4n) is 0.338. The van der Waals surface area contributed by atoms with Gasteiger partial charge in [-0.2, -0.15) is 0 Å². The van der Waals surface area contributed by atoms with Gasteiger partial charge in [0.05, 0.1) is 13.5 Å². The summed E-state index contributed by atoms with van der Waals surface area (Å²) >= 11 is 0. The second-order valence-corrected chi connectivity index (χ2v) is 5.29. The zero-order valence-electron chi connectivity index (χ0n) is 5.63. The molecule has 0 N–H and O–H groups in total. The molecule has 0 radical (unpaired) electrons. The molecule has 0 saturated carbocycles. The number of methoxy groups -OCH3 is 1. The minimum absolute atomic E-state index is 0.0579. The Hall–Kier alpha value is -0.220. The zero-order valence-corrected chi connectivity index (χ0v) is 7.20. The number of esters is 1. The third-order valence-electron chi connectivity index (χ3n) is 0.839. The SMILES string of the molecule is C=S(=O)(Cl)CCC(=O)OC. The molecule has 5 heteroatoms. The number of ether oxygens (including phenoxy) is 1. The van der Waals surface area contributed by atoms with Crippen LogP contribution in [0, 0.1) is 0 Å². The van der Waals surface area contributed by atoms with Crippen molar-refractivity contribution in [1.82, 2.24) is 0 Å². The van der Waals surface area contributed by atoms with Crippen LogP contribution in [0.3, 0.4) is 0 Å². The highest BCUT2D eigenvalue weighted by molar-refractivity contribution is 8.20. The predicted molar refractivity (Wildman–Crippen MR) is 42.6 cm³/mol. The number of hydrogen-bond acceptors (Lipinski definition) is 3. The Bertz CT molecular complexity index is 207. The number of hydrogen-bond donors (Lipinski definition) is 0. The molecule has 0 aliphatic carbocycles. The summed E-state index contributed by atoms with van der Waals surface area (Å²) in [6.07, 6.45) is 0.0579. The van der Waals surface area contributed by atoms with Gasteiger partial charge in [0.15, 0.2) is 0 Å². The van der Waals surface area contributed by atoms with Crippen LogP contribution in [-0.2, 0) is 18.3 Å². The van der Waals surface area contributed by atoms with Gasteiger partial charge in [-0.3, -0.25) is 9.00 Å². The second kappa shape index (κ2) is 3.83. The molecule has 0 saturated heterocycles. The lowest BCUT2D eigenvalue weighted by atomic mass is 10.5. The lowest BCUT2D eigenvalue weighted by molar-refractivity contribution is -0.140. The highest BCUT2D eigenvalue weighted by Gasteiger charge is 2.04. The molecule has 0 aromatic carbocycles. The average molecular weight is 185 g/mol. The van der Waals surface area contributed by atoms with Crippen LogP contribution in [0.15, 0.2) is 0 Å². The van der Waals surface area contributed by atoms with Crippen LogP contribution in [0.1, 0.15) is 6.42 Å². The standard InChI is InChI=1S/C5H9ClO3S/c1-9-5(7)3-4-10(2,6)8/h2-4H2,1H3. The Morgan fingerprint density at radius 3 is 2.60 bits per heavy atom. The summed E-state index contributed by atoms with van der Waals surface area (Å²) in [7, 11) is 3.95. The van der Waals surface area contributed by atoms with Crippen molar-refractivity contribution in [1.29, 1.82) is 0 Å². The van der Waals surface area contributed by atoms with E-state index in [0.717, 1.165) is 0 Å². The van der Waals surface area contributed by atoms with Gasteiger partial charge in [-0.1, -0.05) is 0 Å². The van der Waals surface area contributed by atoms with Crippen LogP contribution in [0.5, 0.6) is 0 Å². The molecule has 0 rings (SSSR count).